The van der Waals surface area contributed by atoms with Crippen molar-refractivity contribution in [2.45, 2.75) is 96.6 Å². The molecule has 7 nitrogen and oxygen atoms in total. The first kappa shape index (κ1) is 24.8. The number of rotatable bonds is 6. The third-order valence-corrected chi connectivity index (χ3v) is 7.40. The van der Waals surface area contributed by atoms with Gasteiger partial charge in [-0.05, 0) is 79.2 Å². The number of fused-ring (bicyclic) bond motifs is 2. The van der Waals surface area contributed by atoms with Gasteiger partial charge in [0, 0.05) is 6.04 Å². The molecular weight excluding hydrogens is 429 g/mol. The minimum Gasteiger partial charge on any atom is -0.444 e. The molecule has 2 bridgehead atoms. The Bertz CT molecular complexity index is 1020. The Labute approximate surface area is 203 Å². The van der Waals surface area contributed by atoms with Crippen LogP contribution in [-0.4, -0.2) is 56.4 Å². The average molecular weight is 467 g/mol. The summed E-state index contributed by atoms with van der Waals surface area (Å²) in [5.74, 6) is 1.24. The molecule has 184 valence electrons. The molecule has 2 aliphatic rings. The van der Waals surface area contributed by atoms with Gasteiger partial charge < -0.3 is 19.5 Å². The van der Waals surface area contributed by atoms with Gasteiger partial charge in [0.2, 0.25) is 0 Å². The Hall–Kier alpha value is -2.32. The maximum Gasteiger partial charge on any atom is 0.411 e. The molecule has 4 rings (SSSR count). The van der Waals surface area contributed by atoms with Crippen molar-refractivity contribution >= 4 is 19.0 Å². The van der Waals surface area contributed by atoms with Gasteiger partial charge in [-0.25, -0.2) is 9.78 Å². The van der Waals surface area contributed by atoms with Crippen molar-refractivity contribution in [3.8, 4) is 11.3 Å². The highest BCUT2D eigenvalue weighted by atomic mass is 16.6. The van der Waals surface area contributed by atoms with Crippen LogP contribution in [0.5, 0.6) is 0 Å². The molecule has 0 spiro atoms. The summed E-state index contributed by atoms with van der Waals surface area (Å²) >= 11 is 0. The maximum atomic E-state index is 13.0. The van der Waals surface area contributed by atoms with Crippen LogP contribution >= 0.6 is 0 Å². The molecule has 2 N–H and O–H groups in total. The van der Waals surface area contributed by atoms with Gasteiger partial charge in [-0.3, -0.25) is 4.90 Å². The monoisotopic (exact) mass is 467 g/mol. The molecule has 1 saturated heterocycles. The third kappa shape index (κ3) is 5.03. The lowest BCUT2D eigenvalue weighted by molar-refractivity contribution is -0.0893. The maximum absolute atomic E-state index is 13.0. The van der Waals surface area contributed by atoms with Crippen molar-refractivity contribution in [2.24, 2.45) is 5.92 Å². The van der Waals surface area contributed by atoms with E-state index in [1.165, 1.54) is 0 Å². The van der Waals surface area contributed by atoms with E-state index in [9.17, 15) is 9.90 Å². The molecule has 1 aliphatic heterocycles. The number of likely N-dealkylation sites (tertiary alicyclic amines) is 1. The molecular formula is C26H38BN3O4. The second kappa shape index (κ2) is 8.72. The molecule has 1 aromatic heterocycles. The Morgan fingerprint density at radius 3 is 2.41 bits per heavy atom. The summed E-state index contributed by atoms with van der Waals surface area (Å²) in [7, 11) is 0.418. The van der Waals surface area contributed by atoms with Gasteiger partial charge in [0.25, 0.3) is 0 Å². The van der Waals surface area contributed by atoms with Gasteiger partial charge >= 0.3 is 13.6 Å². The number of hydrogen-bond acceptors (Lipinski definition) is 5. The zero-order valence-corrected chi connectivity index (χ0v) is 21.5. The van der Waals surface area contributed by atoms with Crippen molar-refractivity contribution in [1.29, 1.82) is 0 Å². The average Bonchev–Trinajstić information content (AvgIpc) is 3.46. The molecule has 8 heteroatoms. The van der Waals surface area contributed by atoms with Crippen LogP contribution in [0.4, 0.5) is 4.79 Å². The number of imidazole rings is 1. The third-order valence-electron chi connectivity index (χ3n) is 7.40. The van der Waals surface area contributed by atoms with Crippen molar-refractivity contribution < 1.29 is 19.3 Å². The Balaban J connectivity index is 1.47. The number of ether oxygens (including phenoxy) is 1. The zero-order chi connectivity index (χ0) is 24.9. The lowest BCUT2D eigenvalue weighted by atomic mass is 9.82. The highest BCUT2D eigenvalue weighted by molar-refractivity contribution is 6.47. The van der Waals surface area contributed by atoms with Gasteiger partial charge in [-0.1, -0.05) is 29.7 Å². The number of nitrogens with zero attached hydrogens (tertiary/aromatic N) is 2. The van der Waals surface area contributed by atoms with E-state index in [1.54, 1.807) is 13.8 Å². The lowest BCUT2D eigenvalue weighted by Gasteiger charge is -2.37. The number of hydrogen-bond donors (Lipinski definition) is 2. The first-order valence-electron chi connectivity index (χ1n) is 12.3. The molecule has 2 fully saturated rings. The van der Waals surface area contributed by atoms with E-state index >= 15 is 0 Å². The normalized spacial score (nSPS) is 22.8. The van der Waals surface area contributed by atoms with E-state index in [2.05, 4.69) is 9.97 Å². The Kier molecular flexibility index (Phi) is 6.36. The van der Waals surface area contributed by atoms with Gasteiger partial charge in [-0.15, -0.1) is 0 Å². The van der Waals surface area contributed by atoms with Crippen molar-refractivity contribution in [1.82, 2.24) is 14.9 Å². The summed E-state index contributed by atoms with van der Waals surface area (Å²) in [6, 6.07) is 8.30. The number of H-pyrrole nitrogens is 1. The summed E-state index contributed by atoms with van der Waals surface area (Å²) in [4.78, 5) is 23.0. The largest absolute Gasteiger partial charge is 0.444 e. The van der Waals surface area contributed by atoms with Gasteiger partial charge in [0.05, 0.1) is 29.1 Å². The highest BCUT2D eigenvalue weighted by Crippen LogP contribution is 2.50. The second-order valence-electron chi connectivity index (χ2n) is 11.8. The molecule has 1 aliphatic carbocycles. The van der Waals surface area contributed by atoms with Gasteiger partial charge in [-0.2, -0.15) is 0 Å². The molecule has 1 saturated carbocycles. The van der Waals surface area contributed by atoms with Gasteiger partial charge in [0.15, 0.2) is 0 Å². The van der Waals surface area contributed by atoms with E-state index in [0.29, 0.717) is 13.4 Å². The molecule has 34 heavy (non-hydrogen) atoms. The zero-order valence-electron chi connectivity index (χ0n) is 21.5. The van der Waals surface area contributed by atoms with Crippen molar-refractivity contribution in [3.05, 3.63) is 36.3 Å². The van der Waals surface area contributed by atoms with E-state index in [4.69, 9.17) is 9.39 Å². The fourth-order valence-corrected chi connectivity index (χ4v) is 4.77. The second-order valence-corrected chi connectivity index (χ2v) is 11.8. The van der Waals surface area contributed by atoms with Crippen LogP contribution in [0.15, 0.2) is 30.5 Å². The van der Waals surface area contributed by atoms with Gasteiger partial charge in [0.1, 0.15) is 11.4 Å². The molecule has 0 unspecified atom stereocenters. The molecule has 0 radical (unpaired) electrons. The molecule has 2 aromatic rings. The van der Waals surface area contributed by atoms with Crippen LogP contribution in [-0.2, 0) is 9.39 Å². The number of piperidine rings is 1. The van der Waals surface area contributed by atoms with Crippen LogP contribution in [0.25, 0.3) is 11.3 Å². The highest BCUT2D eigenvalue weighted by Gasteiger charge is 2.51. The summed E-state index contributed by atoms with van der Waals surface area (Å²) in [5, 5.41) is 10.3. The smallest absolute Gasteiger partial charge is 0.411 e. The van der Waals surface area contributed by atoms with E-state index in [1.807, 2.05) is 70.0 Å². The number of amides is 1. The standard InChI is InChI=1S/C26H38BN3O4/c1-24(2,3)33-23(31)30-19-13-10-17(14-19)21(30)22-28-15-20(29-22)16-8-11-18(12-9-16)27-34-26(6,7)25(4,5)32/h8-9,11-12,15,17,19,21,27,32H,10,13-14H2,1-7H3,(H,28,29)/t17-,19+,21+/m1/s1. The number of carbonyl (C=O) groups is 1. The van der Waals surface area contributed by atoms with Crippen molar-refractivity contribution in [2.75, 3.05) is 0 Å². The summed E-state index contributed by atoms with van der Waals surface area (Å²) in [6.07, 6.45) is 4.75. The van der Waals surface area contributed by atoms with Crippen LogP contribution in [0.3, 0.4) is 0 Å². The quantitative estimate of drug-likeness (QED) is 0.626. The minimum atomic E-state index is -0.938. The molecule has 1 aromatic carbocycles. The molecule has 3 atom stereocenters. The number of nitrogens with one attached hydrogen (secondary N) is 1. The molecule has 1 amide bonds. The lowest BCUT2D eigenvalue weighted by Crippen LogP contribution is -2.49. The van der Waals surface area contributed by atoms with E-state index in [0.717, 1.165) is 41.8 Å². The fraction of sp³-hybridized carbons (Fsp3) is 0.615. The Morgan fingerprint density at radius 2 is 1.79 bits per heavy atom. The SMILES string of the molecule is CC(C)(C)OC(=O)N1[C@H]2CC[C@H](C2)[C@H]1c1ncc(-c2ccc(BOC(C)(C)C(C)(C)O)cc2)[nH]1. The summed E-state index contributed by atoms with van der Waals surface area (Å²) in [5.41, 5.74) is 0.856. The summed E-state index contributed by atoms with van der Waals surface area (Å²) < 4.78 is 11.7. The van der Waals surface area contributed by atoms with Crippen molar-refractivity contribution in [3.63, 3.8) is 0 Å². The van der Waals surface area contributed by atoms with E-state index < -0.39 is 16.8 Å². The minimum absolute atomic E-state index is 0.0703. The Morgan fingerprint density at radius 1 is 1.12 bits per heavy atom. The fourth-order valence-electron chi connectivity index (χ4n) is 4.77. The topological polar surface area (TPSA) is 87.7 Å². The number of carbonyl (C=O) groups excluding carboxylic acids is 1. The predicted octanol–water partition coefficient (Wildman–Crippen LogP) is 4.08. The van der Waals surface area contributed by atoms with E-state index in [-0.39, 0.29) is 18.2 Å². The van der Waals surface area contributed by atoms with Crippen LogP contribution < -0.4 is 5.46 Å². The summed E-state index contributed by atoms with van der Waals surface area (Å²) in [6.45, 7) is 13.0. The predicted molar refractivity (Wildman–Crippen MR) is 134 cm³/mol. The first-order chi connectivity index (χ1) is 15.7. The first-order valence-corrected chi connectivity index (χ1v) is 12.3. The van der Waals surface area contributed by atoms with Crippen LogP contribution in [0.2, 0.25) is 0 Å². The van der Waals surface area contributed by atoms with Crippen LogP contribution in [0, 0.1) is 5.92 Å². The number of aromatic nitrogens is 2. The number of aromatic amines is 1. The number of benzene rings is 1. The van der Waals surface area contributed by atoms with Crippen LogP contribution in [0.1, 0.15) is 79.6 Å². The molecule has 2 heterocycles. The number of aliphatic hydroxyl groups is 1.